The second-order valence-electron chi connectivity index (χ2n) is 5.65. The Labute approximate surface area is 121 Å². The molecule has 2 rings (SSSR count). The highest BCUT2D eigenvalue weighted by Crippen LogP contribution is 2.33. The van der Waals surface area contributed by atoms with Crippen LogP contribution in [0.4, 0.5) is 13.2 Å². The van der Waals surface area contributed by atoms with Gasteiger partial charge in [-0.1, -0.05) is 12.8 Å². The summed E-state index contributed by atoms with van der Waals surface area (Å²) in [7, 11) is 0. The molecule has 4 nitrogen and oxygen atoms in total. The van der Waals surface area contributed by atoms with E-state index >= 15 is 0 Å². The fourth-order valence-corrected chi connectivity index (χ4v) is 2.57. The molecule has 21 heavy (non-hydrogen) atoms. The van der Waals surface area contributed by atoms with Crippen molar-refractivity contribution in [3.8, 4) is 0 Å². The number of halogens is 3. The lowest BCUT2D eigenvalue weighted by molar-refractivity contribution is -0.195. The molecule has 1 aliphatic carbocycles. The van der Waals surface area contributed by atoms with E-state index in [4.69, 9.17) is 10.2 Å². The molecule has 1 unspecified atom stereocenters. The second-order valence-corrected chi connectivity index (χ2v) is 5.65. The van der Waals surface area contributed by atoms with Gasteiger partial charge < -0.3 is 15.1 Å². The van der Waals surface area contributed by atoms with Crippen molar-refractivity contribution in [1.29, 1.82) is 0 Å². The normalized spacial score (nSPS) is 19.5. The van der Waals surface area contributed by atoms with Gasteiger partial charge in [-0.2, -0.15) is 13.2 Å². The van der Waals surface area contributed by atoms with Crippen molar-refractivity contribution in [3.63, 3.8) is 0 Å². The molecule has 1 fully saturated rings. The van der Waals surface area contributed by atoms with Crippen LogP contribution >= 0.6 is 0 Å². The Balaban J connectivity index is 2.24. The third kappa shape index (κ3) is 3.23. The maximum absolute atomic E-state index is 13.0. The molecular weight excluding hydrogens is 285 g/mol. The minimum Gasteiger partial charge on any atom is -0.467 e. The Morgan fingerprint density at radius 2 is 2.05 bits per heavy atom. The molecule has 0 aromatic carbocycles. The zero-order valence-corrected chi connectivity index (χ0v) is 11.8. The number of hydrogen-bond donors (Lipinski definition) is 1. The Morgan fingerprint density at radius 3 is 2.52 bits per heavy atom. The second kappa shape index (κ2) is 5.71. The van der Waals surface area contributed by atoms with Gasteiger partial charge in [-0.05, 0) is 31.9 Å². The van der Waals surface area contributed by atoms with Crippen molar-refractivity contribution in [1.82, 2.24) is 4.90 Å². The maximum Gasteiger partial charge on any atom is 0.415 e. The van der Waals surface area contributed by atoms with Crippen molar-refractivity contribution >= 4 is 5.91 Å². The fraction of sp³-hybridized carbons (Fsp3) is 0.643. The predicted octanol–water partition coefficient (Wildman–Crippen LogP) is 2.83. The van der Waals surface area contributed by atoms with Crippen LogP contribution in [0.3, 0.4) is 0 Å². The summed E-state index contributed by atoms with van der Waals surface area (Å²) < 4.78 is 44.2. The van der Waals surface area contributed by atoms with Crippen molar-refractivity contribution in [2.24, 2.45) is 5.73 Å². The molecule has 0 saturated heterocycles. The number of alkyl halides is 3. The van der Waals surface area contributed by atoms with Crippen LogP contribution in [0, 0.1) is 0 Å². The van der Waals surface area contributed by atoms with Crippen LogP contribution in [-0.4, -0.2) is 28.6 Å². The molecule has 0 aliphatic heterocycles. The molecule has 0 bridgehead atoms. The number of furan rings is 1. The van der Waals surface area contributed by atoms with E-state index in [1.807, 2.05) is 0 Å². The van der Waals surface area contributed by atoms with Crippen LogP contribution in [0.15, 0.2) is 22.8 Å². The van der Waals surface area contributed by atoms with Gasteiger partial charge in [-0.15, -0.1) is 0 Å². The highest BCUT2D eigenvalue weighted by Gasteiger charge is 2.56. The minimum absolute atomic E-state index is 0.0133. The number of nitrogens with two attached hydrogens (primary N) is 1. The van der Waals surface area contributed by atoms with Crippen LogP contribution < -0.4 is 5.73 Å². The summed E-state index contributed by atoms with van der Waals surface area (Å²) >= 11 is 0. The van der Waals surface area contributed by atoms with Crippen LogP contribution in [0.2, 0.25) is 0 Å². The lowest BCUT2D eigenvalue weighted by atomic mass is 9.99. The van der Waals surface area contributed by atoms with Gasteiger partial charge in [0.15, 0.2) is 5.54 Å². The lowest BCUT2D eigenvalue weighted by Crippen LogP contribution is -2.63. The van der Waals surface area contributed by atoms with E-state index < -0.39 is 17.6 Å². The molecule has 1 amide bonds. The quantitative estimate of drug-likeness (QED) is 0.930. The first-order valence-electron chi connectivity index (χ1n) is 6.92. The molecule has 1 heterocycles. The van der Waals surface area contributed by atoms with E-state index in [0.29, 0.717) is 18.6 Å². The molecular formula is C14H19F3N2O2. The monoisotopic (exact) mass is 304 g/mol. The van der Waals surface area contributed by atoms with E-state index in [1.165, 1.54) is 11.2 Å². The Hall–Kier alpha value is -1.50. The number of hydrogen-bond acceptors (Lipinski definition) is 3. The predicted molar refractivity (Wildman–Crippen MR) is 70.2 cm³/mol. The largest absolute Gasteiger partial charge is 0.467 e. The van der Waals surface area contributed by atoms with Gasteiger partial charge in [0.1, 0.15) is 5.76 Å². The first kappa shape index (κ1) is 15.9. The summed E-state index contributed by atoms with van der Waals surface area (Å²) in [6, 6.07) is 3.06. The summed E-state index contributed by atoms with van der Waals surface area (Å²) in [5, 5.41) is 0. The summed E-state index contributed by atoms with van der Waals surface area (Å²) in [6.45, 7) is 0.735. The van der Waals surface area contributed by atoms with Gasteiger partial charge in [0.2, 0.25) is 0 Å². The zero-order valence-electron chi connectivity index (χ0n) is 11.8. The van der Waals surface area contributed by atoms with E-state index in [9.17, 15) is 18.0 Å². The van der Waals surface area contributed by atoms with Gasteiger partial charge in [0.05, 0.1) is 12.8 Å². The number of carbonyl (C=O) groups excluding carboxylic acids is 1. The van der Waals surface area contributed by atoms with E-state index in [2.05, 4.69) is 0 Å². The fourth-order valence-electron chi connectivity index (χ4n) is 2.57. The molecule has 1 aromatic heterocycles. The summed E-state index contributed by atoms with van der Waals surface area (Å²) in [4.78, 5) is 13.6. The van der Waals surface area contributed by atoms with E-state index in [-0.39, 0.29) is 12.6 Å². The standard InChI is InChI=1S/C14H19F3N2O2/c1-13(18,14(15,16)17)12(20)19(10-5-2-3-6-10)9-11-7-4-8-21-11/h4,7-8,10H,2-3,5-6,9,18H2,1H3. The Kier molecular flexibility index (Phi) is 4.32. The van der Waals surface area contributed by atoms with Crippen molar-refractivity contribution in [2.45, 2.75) is 56.9 Å². The summed E-state index contributed by atoms with van der Waals surface area (Å²) in [5.41, 5.74) is 2.40. The molecule has 7 heteroatoms. The highest BCUT2D eigenvalue weighted by atomic mass is 19.4. The third-order valence-corrected chi connectivity index (χ3v) is 3.97. The summed E-state index contributed by atoms with van der Waals surface area (Å²) in [5.74, 6) is -0.647. The molecule has 118 valence electrons. The van der Waals surface area contributed by atoms with Gasteiger partial charge >= 0.3 is 6.18 Å². The Morgan fingerprint density at radius 1 is 1.43 bits per heavy atom. The molecule has 1 atom stereocenters. The zero-order chi connectivity index (χ0) is 15.7. The average molecular weight is 304 g/mol. The molecule has 1 aromatic rings. The molecule has 0 radical (unpaired) electrons. The minimum atomic E-state index is -4.79. The number of amides is 1. The van der Waals surface area contributed by atoms with Crippen LogP contribution in [0.1, 0.15) is 38.4 Å². The topological polar surface area (TPSA) is 59.5 Å². The van der Waals surface area contributed by atoms with Crippen LogP contribution in [-0.2, 0) is 11.3 Å². The van der Waals surface area contributed by atoms with Gasteiger partial charge in [0.25, 0.3) is 5.91 Å². The summed E-state index contributed by atoms with van der Waals surface area (Å²) in [6.07, 6.45) is -0.164. The van der Waals surface area contributed by atoms with Crippen molar-refractivity contribution in [3.05, 3.63) is 24.2 Å². The van der Waals surface area contributed by atoms with Crippen molar-refractivity contribution in [2.75, 3.05) is 0 Å². The highest BCUT2D eigenvalue weighted by molar-refractivity contribution is 5.87. The first-order chi connectivity index (χ1) is 9.73. The van der Waals surface area contributed by atoms with E-state index in [1.54, 1.807) is 12.1 Å². The maximum atomic E-state index is 13.0. The smallest absolute Gasteiger partial charge is 0.415 e. The van der Waals surface area contributed by atoms with Crippen LogP contribution in [0.25, 0.3) is 0 Å². The molecule has 2 N–H and O–H groups in total. The molecule has 1 saturated carbocycles. The first-order valence-corrected chi connectivity index (χ1v) is 6.92. The molecule has 0 spiro atoms. The van der Waals surface area contributed by atoms with Crippen molar-refractivity contribution < 1.29 is 22.4 Å². The van der Waals surface area contributed by atoms with Gasteiger partial charge in [-0.25, -0.2) is 0 Å². The number of carbonyl (C=O) groups is 1. The average Bonchev–Trinajstić information content (AvgIpc) is 3.06. The van der Waals surface area contributed by atoms with Gasteiger partial charge in [-0.3, -0.25) is 4.79 Å². The van der Waals surface area contributed by atoms with Crippen LogP contribution in [0.5, 0.6) is 0 Å². The number of rotatable bonds is 4. The molecule has 1 aliphatic rings. The SMILES string of the molecule is CC(N)(C(=O)N(Cc1ccco1)C1CCCC1)C(F)(F)F. The van der Waals surface area contributed by atoms with E-state index in [0.717, 1.165) is 19.8 Å². The number of nitrogens with zero attached hydrogens (tertiary/aromatic N) is 1. The third-order valence-electron chi connectivity index (χ3n) is 3.97. The van der Waals surface area contributed by atoms with Gasteiger partial charge in [0, 0.05) is 6.04 Å². The Bertz CT molecular complexity index is 477. The lowest BCUT2D eigenvalue weighted by Gasteiger charge is -2.36.